The number of carboxylic acid groups (broad SMARTS) is 1. The van der Waals surface area contributed by atoms with Crippen LogP contribution in [0.3, 0.4) is 0 Å². The molecule has 276 valence electrons. The van der Waals surface area contributed by atoms with Crippen molar-refractivity contribution in [1.29, 1.82) is 0 Å². The number of rotatable bonds is 14. The Hall–Kier alpha value is -3.51. The lowest BCUT2D eigenvalue weighted by Gasteiger charge is -2.48. The number of hydrogen-bond acceptors (Lipinski definition) is 6. The number of carboxylic acids is 1. The second kappa shape index (κ2) is 16.7. The summed E-state index contributed by atoms with van der Waals surface area (Å²) in [6.07, 6.45) is -2.50. The number of hydrogen-bond donors (Lipinski definition) is 1. The molecule has 0 spiro atoms. The number of aliphatic carboxylic acids is 1. The maximum absolute atomic E-state index is 14.3. The molecule has 12 heteroatoms. The summed E-state index contributed by atoms with van der Waals surface area (Å²) < 4.78 is 41.5. The van der Waals surface area contributed by atoms with Gasteiger partial charge in [-0.15, -0.1) is 0 Å². The van der Waals surface area contributed by atoms with Crippen LogP contribution in [0.5, 0.6) is 0 Å². The number of nitrogens with zero attached hydrogens (tertiary/aromatic N) is 1. The van der Waals surface area contributed by atoms with Gasteiger partial charge in [-0.25, -0.2) is 8.42 Å². The van der Waals surface area contributed by atoms with Crippen LogP contribution in [0.25, 0.3) is 0 Å². The minimum atomic E-state index is -3.84. The number of morpholine rings is 1. The van der Waals surface area contributed by atoms with E-state index in [2.05, 4.69) is 45.0 Å². The first-order valence-corrected chi connectivity index (χ1v) is 21.8. The molecule has 4 aromatic carbocycles. The van der Waals surface area contributed by atoms with E-state index in [1.54, 1.807) is 48.5 Å². The molecule has 0 radical (unpaired) electrons. The monoisotopic (exact) mass is 781 g/mol. The van der Waals surface area contributed by atoms with E-state index in [9.17, 15) is 23.1 Å². The molecule has 1 amide bonds. The van der Waals surface area contributed by atoms with Crippen molar-refractivity contribution in [3.63, 3.8) is 0 Å². The number of sulfone groups is 1. The topological polar surface area (TPSA) is 110 Å². The van der Waals surface area contributed by atoms with Gasteiger partial charge >= 0.3 is 5.97 Å². The van der Waals surface area contributed by atoms with E-state index in [1.165, 1.54) is 4.90 Å². The summed E-state index contributed by atoms with van der Waals surface area (Å²) in [5, 5.41) is 12.4. The van der Waals surface area contributed by atoms with Crippen molar-refractivity contribution >= 4 is 63.6 Å². The highest BCUT2D eigenvalue weighted by Gasteiger charge is 2.51. The molecule has 8 nitrogen and oxygen atoms in total. The molecule has 0 aromatic heterocycles. The number of amides is 1. The molecule has 52 heavy (non-hydrogen) atoms. The molecule has 5 rings (SSSR count). The maximum atomic E-state index is 14.3. The van der Waals surface area contributed by atoms with Gasteiger partial charge in [0.1, 0.15) is 12.2 Å². The van der Waals surface area contributed by atoms with E-state index >= 15 is 0 Å². The van der Waals surface area contributed by atoms with Crippen molar-refractivity contribution in [1.82, 2.24) is 4.90 Å². The van der Waals surface area contributed by atoms with Crippen molar-refractivity contribution in [3.05, 3.63) is 130 Å². The van der Waals surface area contributed by atoms with Gasteiger partial charge in [0.15, 0.2) is 9.84 Å². The van der Waals surface area contributed by atoms with Gasteiger partial charge in [-0.05, 0) is 57.2 Å². The van der Waals surface area contributed by atoms with Crippen LogP contribution in [-0.4, -0.2) is 68.9 Å². The zero-order valence-electron chi connectivity index (χ0n) is 29.7. The smallest absolute Gasteiger partial charge is 0.306 e. The normalized spacial score (nSPS) is 19.0. The Morgan fingerprint density at radius 1 is 0.885 bits per heavy atom. The number of carbonyl (C=O) groups excluding carboxylic acids is 1. The molecule has 1 unspecified atom stereocenters. The quantitative estimate of drug-likeness (QED) is 0.134. The predicted octanol–water partition coefficient (Wildman–Crippen LogP) is 7.25. The first-order chi connectivity index (χ1) is 24.7. The Labute approximate surface area is 317 Å². The minimum absolute atomic E-state index is 0.0451. The predicted molar refractivity (Wildman–Crippen MR) is 209 cm³/mol. The molecular formula is C40H45Cl2NO7SSi. The lowest BCUT2D eigenvalue weighted by Crippen LogP contribution is -2.66. The van der Waals surface area contributed by atoms with Crippen LogP contribution in [0.15, 0.2) is 109 Å². The molecule has 1 N–H and O–H groups in total. The Morgan fingerprint density at radius 2 is 1.48 bits per heavy atom. The summed E-state index contributed by atoms with van der Waals surface area (Å²) >= 11 is 12.6. The van der Waals surface area contributed by atoms with E-state index in [0.717, 1.165) is 10.4 Å². The third kappa shape index (κ3) is 8.81. The van der Waals surface area contributed by atoms with Gasteiger partial charge in [0, 0.05) is 22.7 Å². The Kier molecular flexibility index (Phi) is 12.7. The molecule has 1 aliphatic heterocycles. The van der Waals surface area contributed by atoms with Gasteiger partial charge in [-0.1, -0.05) is 136 Å². The van der Waals surface area contributed by atoms with E-state index in [1.807, 2.05) is 43.3 Å². The number of halogens is 2. The Balaban J connectivity index is 1.50. The largest absolute Gasteiger partial charge is 0.481 e. The van der Waals surface area contributed by atoms with E-state index in [4.69, 9.17) is 32.4 Å². The van der Waals surface area contributed by atoms with E-state index in [0.29, 0.717) is 21.2 Å². The second-order valence-electron chi connectivity index (χ2n) is 14.1. The number of ether oxygens (including phenoxy) is 1. The van der Waals surface area contributed by atoms with Gasteiger partial charge < -0.3 is 19.2 Å². The Morgan fingerprint density at radius 3 is 2.00 bits per heavy atom. The average Bonchev–Trinajstić information content (AvgIpc) is 3.10. The van der Waals surface area contributed by atoms with Crippen molar-refractivity contribution in [2.24, 2.45) is 0 Å². The van der Waals surface area contributed by atoms with Crippen LogP contribution in [0.4, 0.5) is 0 Å². The van der Waals surface area contributed by atoms with Crippen LogP contribution in [0.1, 0.15) is 63.8 Å². The second-order valence-corrected chi connectivity index (χ2v) is 21.5. The van der Waals surface area contributed by atoms with Crippen molar-refractivity contribution in [3.8, 4) is 0 Å². The highest BCUT2D eigenvalue weighted by Crippen LogP contribution is 2.45. The van der Waals surface area contributed by atoms with Crippen LogP contribution >= 0.6 is 23.2 Å². The SMILES string of the molecule is CCC(CS(=O)(=O)CCO[Si](c1ccccc1)(c1ccccc1)C(C)(C)C)N1C(=O)[C@@H](CC(=O)O)O[C@H](c2cccc(Cl)c2)[C@H]1c1ccc(Cl)cc1. The summed E-state index contributed by atoms with van der Waals surface area (Å²) in [5.41, 5.74) is 1.28. The van der Waals surface area contributed by atoms with E-state index in [-0.39, 0.29) is 29.6 Å². The first-order valence-electron chi connectivity index (χ1n) is 17.3. The van der Waals surface area contributed by atoms with Gasteiger partial charge in [0.25, 0.3) is 14.2 Å². The van der Waals surface area contributed by atoms with E-state index < -0.39 is 60.7 Å². The lowest BCUT2D eigenvalue weighted by molar-refractivity contribution is -0.182. The lowest BCUT2D eigenvalue weighted by atomic mass is 9.89. The fraction of sp³-hybridized carbons (Fsp3) is 0.350. The Bertz CT molecular complexity index is 1900. The average molecular weight is 783 g/mol. The highest BCUT2D eigenvalue weighted by molar-refractivity contribution is 7.91. The molecule has 4 atom stereocenters. The van der Waals surface area contributed by atoms with Gasteiger partial charge in [-0.3, -0.25) is 9.59 Å². The van der Waals surface area contributed by atoms with Gasteiger partial charge in [-0.2, -0.15) is 0 Å². The summed E-state index contributed by atoms with van der Waals surface area (Å²) in [6.45, 7) is 8.17. The fourth-order valence-electron chi connectivity index (χ4n) is 7.25. The molecule has 0 bridgehead atoms. The molecule has 1 fully saturated rings. The molecule has 1 heterocycles. The van der Waals surface area contributed by atoms with Crippen LogP contribution < -0.4 is 10.4 Å². The van der Waals surface area contributed by atoms with Crippen molar-refractivity contribution in [2.75, 3.05) is 18.1 Å². The number of carbonyl (C=O) groups is 2. The summed E-state index contributed by atoms with van der Waals surface area (Å²) in [5.74, 6) is -2.43. The van der Waals surface area contributed by atoms with Gasteiger partial charge in [0.05, 0.1) is 24.0 Å². The molecule has 0 aliphatic carbocycles. The van der Waals surface area contributed by atoms with Crippen molar-refractivity contribution < 1.29 is 32.3 Å². The summed E-state index contributed by atoms with van der Waals surface area (Å²) in [7, 11) is -6.83. The van der Waals surface area contributed by atoms with Crippen LogP contribution in [-0.2, 0) is 28.6 Å². The maximum Gasteiger partial charge on any atom is 0.306 e. The highest BCUT2D eigenvalue weighted by atomic mass is 35.5. The summed E-state index contributed by atoms with van der Waals surface area (Å²) in [6, 6.07) is 32.3. The van der Waals surface area contributed by atoms with Crippen LogP contribution in [0, 0.1) is 0 Å². The van der Waals surface area contributed by atoms with Crippen LogP contribution in [0.2, 0.25) is 15.1 Å². The zero-order valence-corrected chi connectivity index (χ0v) is 33.1. The first kappa shape index (κ1) is 39.7. The third-order valence-electron chi connectivity index (χ3n) is 9.62. The standard InChI is InChI=1S/C40H45Cl2NO7SSi/c1-5-32(27-51(47,48)24-23-49-52(40(2,3)4,33-15-8-6-9-16-33)34-17-10-7-11-18-34)43-37(28-19-21-30(41)22-20-28)38(29-13-12-14-31(42)25-29)50-35(39(43)46)26-36(44)45/h6-22,25,32,35,37-38H,5,23-24,26-27H2,1-4H3,(H,44,45)/t32?,35-,37-,38-/m1/s1. The van der Waals surface area contributed by atoms with Crippen molar-refractivity contribution in [2.45, 2.75) is 69.9 Å². The third-order valence-corrected chi connectivity index (χ3v) is 16.8. The molecule has 0 saturated carbocycles. The molecular weight excluding hydrogens is 737 g/mol. The molecule has 4 aromatic rings. The molecule has 1 aliphatic rings. The minimum Gasteiger partial charge on any atom is -0.481 e. The molecule has 1 saturated heterocycles. The number of benzene rings is 4. The van der Waals surface area contributed by atoms with Gasteiger partial charge in [0.2, 0.25) is 0 Å². The zero-order chi connectivity index (χ0) is 37.7. The fourth-order valence-corrected chi connectivity index (χ4v) is 13.8. The summed E-state index contributed by atoms with van der Waals surface area (Å²) in [4.78, 5) is 27.8.